The Labute approximate surface area is 128 Å². The van der Waals surface area contributed by atoms with Gasteiger partial charge in [-0.3, -0.25) is 0 Å². The molecule has 6 nitrogen and oxygen atoms in total. The van der Waals surface area contributed by atoms with Gasteiger partial charge in [-0.2, -0.15) is 17.4 Å². The van der Waals surface area contributed by atoms with Crippen LogP contribution >= 0.6 is 0 Å². The molecule has 1 saturated carbocycles. The number of hydrogen-bond acceptors (Lipinski definition) is 4. The first-order valence-corrected chi connectivity index (χ1v) is 9.37. The van der Waals surface area contributed by atoms with Crippen molar-refractivity contribution in [3.8, 4) is 0 Å². The number of ether oxygens (including phenoxy) is 1. The average molecular weight is 320 g/mol. The Hall–Kier alpha value is -0.210. The molecular weight excluding hydrogens is 292 g/mol. The first-order chi connectivity index (χ1) is 9.81. The minimum absolute atomic E-state index is 0.105. The third-order valence-corrected chi connectivity index (χ3v) is 5.83. The Kier molecular flexibility index (Phi) is 5.65. The summed E-state index contributed by atoms with van der Waals surface area (Å²) in [5.74, 6) is 0. The fourth-order valence-corrected chi connectivity index (χ4v) is 4.65. The van der Waals surface area contributed by atoms with Crippen LogP contribution in [-0.2, 0) is 14.9 Å². The Balaban J connectivity index is 1.94. The molecule has 0 aromatic carbocycles. The van der Waals surface area contributed by atoms with E-state index in [1.54, 1.807) is 0 Å². The summed E-state index contributed by atoms with van der Waals surface area (Å²) in [5.41, 5.74) is -0.896. The van der Waals surface area contributed by atoms with Gasteiger partial charge >= 0.3 is 0 Å². The van der Waals surface area contributed by atoms with E-state index in [-0.39, 0.29) is 18.8 Å². The molecule has 0 unspecified atom stereocenters. The summed E-state index contributed by atoms with van der Waals surface area (Å²) < 4.78 is 34.4. The van der Waals surface area contributed by atoms with Gasteiger partial charge in [0.05, 0.1) is 17.8 Å². The van der Waals surface area contributed by atoms with Gasteiger partial charge in [-0.25, -0.2) is 0 Å². The molecule has 0 bridgehead atoms. The van der Waals surface area contributed by atoms with Crippen molar-refractivity contribution in [2.24, 2.45) is 0 Å². The van der Waals surface area contributed by atoms with Crippen molar-refractivity contribution in [2.45, 2.75) is 70.2 Å². The Morgan fingerprint density at radius 2 is 1.67 bits per heavy atom. The maximum atomic E-state index is 12.4. The summed E-state index contributed by atoms with van der Waals surface area (Å²) in [6.45, 7) is 4.57. The van der Waals surface area contributed by atoms with E-state index >= 15 is 0 Å². The second kappa shape index (κ2) is 6.91. The molecule has 2 aliphatic rings. The van der Waals surface area contributed by atoms with Crippen molar-refractivity contribution in [3.63, 3.8) is 0 Å². The SMILES string of the molecule is C[C@H]1CN(S(=O)(=O)NCC2(O)CCCCCC2)C[C@H](C)O1. The molecule has 1 aliphatic heterocycles. The van der Waals surface area contributed by atoms with Crippen LogP contribution in [0.5, 0.6) is 0 Å². The number of nitrogens with zero attached hydrogens (tertiary/aromatic N) is 1. The van der Waals surface area contributed by atoms with Crippen molar-refractivity contribution in [1.82, 2.24) is 9.03 Å². The quantitative estimate of drug-likeness (QED) is 0.758. The third-order valence-electron chi connectivity index (χ3n) is 4.34. The largest absolute Gasteiger partial charge is 0.389 e. The highest BCUT2D eigenvalue weighted by Gasteiger charge is 2.34. The van der Waals surface area contributed by atoms with Crippen molar-refractivity contribution < 1.29 is 18.3 Å². The van der Waals surface area contributed by atoms with Gasteiger partial charge in [0.1, 0.15) is 0 Å². The molecule has 0 radical (unpaired) electrons. The molecule has 1 aliphatic carbocycles. The summed E-state index contributed by atoms with van der Waals surface area (Å²) in [6.07, 6.45) is 5.30. The Morgan fingerprint density at radius 3 is 2.19 bits per heavy atom. The third kappa shape index (κ3) is 4.89. The van der Waals surface area contributed by atoms with Crippen molar-refractivity contribution in [3.05, 3.63) is 0 Å². The predicted molar refractivity (Wildman–Crippen MR) is 81.2 cm³/mol. The van der Waals surface area contributed by atoms with E-state index in [0.29, 0.717) is 25.9 Å². The molecular formula is C14H28N2O4S. The zero-order chi connectivity index (χ0) is 15.5. The fraction of sp³-hybridized carbons (Fsp3) is 1.00. The van der Waals surface area contributed by atoms with E-state index in [2.05, 4.69) is 4.72 Å². The smallest absolute Gasteiger partial charge is 0.279 e. The highest BCUT2D eigenvalue weighted by atomic mass is 32.2. The number of aliphatic hydroxyl groups is 1. The zero-order valence-corrected chi connectivity index (χ0v) is 13.9. The number of morpholine rings is 1. The summed E-state index contributed by atoms with van der Waals surface area (Å²) >= 11 is 0. The topological polar surface area (TPSA) is 78.9 Å². The minimum Gasteiger partial charge on any atom is -0.389 e. The zero-order valence-electron chi connectivity index (χ0n) is 13.0. The summed E-state index contributed by atoms with van der Waals surface area (Å²) in [5, 5.41) is 10.5. The van der Waals surface area contributed by atoms with Gasteiger partial charge in [-0.15, -0.1) is 0 Å². The lowest BCUT2D eigenvalue weighted by molar-refractivity contribution is -0.0446. The van der Waals surface area contributed by atoms with Gasteiger partial charge in [-0.1, -0.05) is 25.7 Å². The second-order valence-corrected chi connectivity index (χ2v) is 8.29. The van der Waals surface area contributed by atoms with Crippen LogP contribution in [0.4, 0.5) is 0 Å². The molecule has 2 fully saturated rings. The average Bonchev–Trinajstić information content (AvgIpc) is 2.61. The summed E-state index contributed by atoms with van der Waals surface area (Å²) in [4.78, 5) is 0. The standard InChI is InChI=1S/C14H28N2O4S/c1-12-9-16(10-13(2)20-12)21(18,19)15-11-14(17)7-5-3-4-6-8-14/h12-13,15,17H,3-11H2,1-2H3/t12-,13-/m0/s1. The molecule has 7 heteroatoms. The number of nitrogens with one attached hydrogen (secondary N) is 1. The second-order valence-electron chi connectivity index (χ2n) is 6.54. The van der Waals surface area contributed by atoms with Gasteiger partial charge < -0.3 is 9.84 Å². The summed E-state index contributed by atoms with van der Waals surface area (Å²) in [6, 6.07) is 0. The molecule has 0 spiro atoms. The molecule has 0 aromatic rings. The van der Waals surface area contributed by atoms with Crippen LogP contribution < -0.4 is 4.72 Å². The van der Waals surface area contributed by atoms with Gasteiger partial charge in [0.15, 0.2) is 0 Å². The Morgan fingerprint density at radius 1 is 1.14 bits per heavy atom. The normalized spacial score (nSPS) is 31.8. The lowest BCUT2D eigenvalue weighted by Crippen LogP contribution is -2.54. The van der Waals surface area contributed by atoms with Crippen molar-refractivity contribution in [1.29, 1.82) is 0 Å². The molecule has 2 atom stereocenters. The minimum atomic E-state index is -3.56. The van der Waals surface area contributed by atoms with Crippen LogP contribution in [0.2, 0.25) is 0 Å². The van der Waals surface area contributed by atoms with Crippen LogP contribution in [0.25, 0.3) is 0 Å². The van der Waals surface area contributed by atoms with Crippen LogP contribution in [-0.4, -0.2) is 55.3 Å². The molecule has 1 saturated heterocycles. The van der Waals surface area contributed by atoms with Crippen molar-refractivity contribution in [2.75, 3.05) is 19.6 Å². The van der Waals surface area contributed by atoms with Crippen LogP contribution in [0.15, 0.2) is 0 Å². The maximum absolute atomic E-state index is 12.4. The lowest BCUT2D eigenvalue weighted by Gasteiger charge is -2.35. The molecule has 124 valence electrons. The van der Waals surface area contributed by atoms with Gasteiger partial charge in [0.2, 0.25) is 0 Å². The molecule has 0 aromatic heterocycles. The highest BCUT2D eigenvalue weighted by molar-refractivity contribution is 7.87. The van der Waals surface area contributed by atoms with E-state index in [4.69, 9.17) is 4.74 Å². The van der Waals surface area contributed by atoms with Gasteiger partial charge in [-0.05, 0) is 26.7 Å². The van der Waals surface area contributed by atoms with E-state index < -0.39 is 15.8 Å². The molecule has 1 heterocycles. The van der Waals surface area contributed by atoms with Gasteiger partial charge in [0, 0.05) is 19.6 Å². The van der Waals surface area contributed by atoms with E-state index in [9.17, 15) is 13.5 Å². The molecule has 21 heavy (non-hydrogen) atoms. The lowest BCUT2D eigenvalue weighted by atomic mass is 9.95. The maximum Gasteiger partial charge on any atom is 0.279 e. The molecule has 0 amide bonds. The van der Waals surface area contributed by atoms with Crippen LogP contribution in [0.1, 0.15) is 52.4 Å². The van der Waals surface area contributed by atoms with Crippen LogP contribution in [0.3, 0.4) is 0 Å². The van der Waals surface area contributed by atoms with Gasteiger partial charge in [0.25, 0.3) is 10.2 Å². The van der Waals surface area contributed by atoms with Crippen LogP contribution in [0, 0.1) is 0 Å². The monoisotopic (exact) mass is 320 g/mol. The number of hydrogen-bond donors (Lipinski definition) is 2. The van der Waals surface area contributed by atoms with E-state index in [1.807, 2.05) is 13.8 Å². The molecule has 2 rings (SSSR count). The van der Waals surface area contributed by atoms with E-state index in [0.717, 1.165) is 25.7 Å². The van der Waals surface area contributed by atoms with E-state index in [1.165, 1.54) is 4.31 Å². The highest BCUT2D eigenvalue weighted by Crippen LogP contribution is 2.26. The first kappa shape index (κ1) is 17.1. The Bertz CT molecular complexity index is 422. The number of rotatable bonds is 4. The molecule has 2 N–H and O–H groups in total. The predicted octanol–water partition coefficient (Wildman–Crippen LogP) is 1.02. The first-order valence-electron chi connectivity index (χ1n) is 7.93. The summed E-state index contributed by atoms with van der Waals surface area (Å²) in [7, 11) is -3.56. The van der Waals surface area contributed by atoms with Crippen molar-refractivity contribution >= 4 is 10.2 Å². The fourth-order valence-electron chi connectivity index (χ4n) is 3.21.